The quantitative estimate of drug-likeness (QED) is 0.597. The Kier molecular flexibility index (Phi) is 8.14. The van der Waals surface area contributed by atoms with Gasteiger partial charge in [-0.1, -0.05) is 0 Å². The highest BCUT2D eigenvalue weighted by Crippen LogP contribution is 2.16. The van der Waals surface area contributed by atoms with Crippen LogP contribution in [0.4, 0.5) is 0 Å². The fraction of sp³-hybridized carbons (Fsp3) is 0.667. The van der Waals surface area contributed by atoms with Crippen molar-refractivity contribution < 1.29 is 25.9 Å². The number of aromatic nitrogens is 1. The fourth-order valence-corrected chi connectivity index (χ4v) is 3.83. The molecule has 1 heterocycles. The summed E-state index contributed by atoms with van der Waals surface area (Å²) < 4.78 is 55.4. The maximum Gasteiger partial charge on any atom is 0.265 e. The second-order valence-electron chi connectivity index (χ2n) is 3.92. The van der Waals surface area contributed by atoms with Gasteiger partial charge in [0.2, 0.25) is 0 Å². The molecule has 0 saturated heterocycles. The molecule has 0 aliphatic heterocycles. The van der Waals surface area contributed by atoms with E-state index < -0.39 is 31.7 Å². The number of hydrogen-bond donors (Lipinski definition) is 2. The molecule has 1 aromatic heterocycles. The number of hydrogen-bond acceptors (Lipinski definition) is 6. The van der Waals surface area contributed by atoms with E-state index in [0.717, 1.165) is 12.1 Å². The molecule has 0 radical (unpaired) electrons. The normalized spacial score (nSPS) is 13.4. The Bertz CT molecular complexity index is 575. The number of halogens is 1. The van der Waals surface area contributed by atoms with Gasteiger partial charge >= 0.3 is 0 Å². The summed E-state index contributed by atoms with van der Waals surface area (Å²) in [6, 6.07) is 0. The predicted molar refractivity (Wildman–Crippen MR) is 78.7 cm³/mol. The smallest absolute Gasteiger partial charge is 0.265 e. The van der Waals surface area contributed by atoms with E-state index in [9.17, 15) is 16.8 Å². The van der Waals surface area contributed by atoms with Crippen molar-refractivity contribution in [2.45, 2.75) is 25.6 Å². The molecule has 7 nitrogen and oxygen atoms in total. The highest BCUT2D eigenvalue weighted by molar-refractivity contribution is 7.89. The molecule has 1 unspecified atom stereocenters. The summed E-state index contributed by atoms with van der Waals surface area (Å²) >= 11 is 7.50. The molecule has 0 saturated carbocycles. The van der Waals surface area contributed by atoms with Gasteiger partial charge < -0.3 is 0 Å². The number of alkyl halides is 1. The fourth-order valence-electron chi connectivity index (χ4n) is 0.988. The van der Waals surface area contributed by atoms with E-state index in [2.05, 4.69) is 4.98 Å². The van der Waals surface area contributed by atoms with E-state index in [1.165, 1.54) is 4.88 Å². The summed E-state index contributed by atoms with van der Waals surface area (Å²) in [7, 11) is -8.59. The lowest BCUT2D eigenvalue weighted by molar-refractivity contribution is 0.472. The van der Waals surface area contributed by atoms with Crippen LogP contribution >= 0.6 is 22.9 Å². The van der Waals surface area contributed by atoms with Crippen LogP contribution in [-0.2, 0) is 26.7 Å². The van der Waals surface area contributed by atoms with Gasteiger partial charge in [0.05, 0.1) is 22.7 Å². The van der Waals surface area contributed by atoms with Gasteiger partial charge in [-0.05, 0) is 20.3 Å². The van der Waals surface area contributed by atoms with E-state index >= 15 is 0 Å². The first-order valence-corrected chi connectivity index (χ1v) is 9.87. The van der Waals surface area contributed by atoms with Gasteiger partial charge in [0.25, 0.3) is 20.2 Å². The van der Waals surface area contributed by atoms with Crippen molar-refractivity contribution in [1.82, 2.24) is 4.98 Å². The molecule has 20 heavy (non-hydrogen) atoms. The van der Waals surface area contributed by atoms with Crippen LogP contribution in [0.2, 0.25) is 0 Å². The first-order valence-electron chi connectivity index (χ1n) is 5.34. The molecule has 0 aliphatic carbocycles. The van der Waals surface area contributed by atoms with E-state index in [4.69, 9.17) is 20.7 Å². The predicted octanol–water partition coefficient (Wildman–Crippen LogP) is 1.38. The Morgan fingerprint density at radius 3 is 1.95 bits per heavy atom. The Labute approximate surface area is 127 Å². The van der Waals surface area contributed by atoms with Crippen molar-refractivity contribution >= 4 is 43.2 Å². The Morgan fingerprint density at radius 1 is 1.25 bits per heavy atom. The first kappa shape index (κ1) is 19.7. The Morgan fingerprint density at radius 2 is 1.70 bits per heavy atom. The van der Waals surface area contributed by atoms with Crippen molar-refractivity contribution in [3.05, 3.63) is 16.1 Å². The Hall–Kier alpha value is -0.260. The second-order valence-corrected chi connectivity index (χ2v) is 8.75. The summed E-state index contributed by atoms with van der Waals surface area (Å²) in [5.41, 5.74) is 2.99. The van der Waals surface area contributed by atoms with Crippen molar-refractivity contribution in [2.75, 3.05) is 11.5 Å². The lowest BCUT2D eigenvalue weighted by atomic mass is 10.2. The van der Waals surface area contributed by atoms with Crippen LogP contribution in [0, 0.1) is 6.92 Å². The van der Waals surface area contributed by atoms with Gasteiger partial charge in [0.15, 0.2) is 0 Å². The minimum atomic E-state index is -4.30. The van der Waals surface area contributed by atoms with Gasteiger partial charge in [-0.2, -0.15) is 16.8 Å². The Balaban J connectivity index is 0.000000361. The molecule has 0 spiro atoms. The molecule has 2 N–H and O–H groups in total. The zero-order valence-corrected chi connectivity index (χ0v) is 14.1. The summed E-state index contributed by atoms with van der Waals surface area (Å²) in [5, 5.41) is 0.221. The van der Waals surface area contributed by atoms with Crippen molar-refractivity contribution in [1.29, 1.82) is 0 Å². The maximum absolute atomic E-state index is 9.86. The van der Waals surface area contributed by atoms with E-state index in [1.807, 2.05) is 19.4 Å². The highest BCUT2D eigenvalue weighted by Gasteiger charge is 2.11. The number of aryl methyl sites for hydroxylation is 1. The van der Waals surface area contributed by atoms with Crippen molar-refractivity contribution in [2.24, 2.45) is 0 Å². The van der Waals surface area contributed by atoms with Gasteiger partial charge in [0.1, 0.15) is 0 Å². The molecule has 0 aliphatic rings. The van der Waals surface area contributed by atoms with Gasteiger partial charge in [-0.3, -0.25) is 9.11 Å². The van der Waals surface area contributed by atoms with Crippen LogP contribution in [0.1, 0.15) is 17.5 Å². The third-order valence-corrected chi connectivity index (χ3v) is 4.72. The summed E-state index contributed by atoms with van der Waals surface area (Å²) in [4.78, 5) is 5.44. The average Bonchev–Trinajstić information content (AvgIpc) is 2.60. The van der Waals surface area contributed by atoms with Gasteiger partial charge in [-0.25, -0.2) is 4.98 Å². The van der Waals surface area contributed by atoms with Crippen molar-refractivity contribution in [3.8, 4) is 0 Å². The van der Waals surface area contributed by atoms with Crippen LogP contribution in [-0.4, -0.2) is 47.8 Å². The standard InChI is InChI=1S/C7H10ClNS.C2H6O6S2/c1-5(8)3-7-6(2)9-4-10-7;3-9(4,5)1-2-10(6,7)8/h4-5H,3H2,1-2H3;1-2H2,(H,3,4,5)(H,6,7,8). The number of nitrogens with zero attached hydrogens (tertiary/aromatic N) is 1. The monoisotopic (exact) mass is 365 g/mol. The lowest BCUT2D eigenvalue weighted by Gasteiger charge is -1.98. The molecule has 1 atom stereocenters. The van der Waals surface area contributed by atoms with Crippen LogP contribution in [0.3, 0.4) is 0 Å². The maximum atomic E-state index is 9.86. The minimum absolute atomic E-state index is 0.221. The minimum Gasteiger partial charge on any atom is -0.286 e. The molecular formula is C9H16ClNO6S3. The molecule has 1 rings (SSSR count). The number of rotatable bonds is 5. The molecular weight excluding hydrogens is 350 g/mol. The third-order valence-electron chi connectivity index (χ3n) is 1.91. The van der Waals surface area contributed by atoms with Gasteiger partial charge in [-0.15, -0.1) is 22.9 Å². The molecule has 0 bridgehead atoms. The zero-order valence-electron chi connectivity index (χ0n) is 10.9. The van der Waals surface area contributed by atoms with Crippen LogP contribution < -0.4 is 0 Å². The second kappa shape index (κ2) is 8.25. The SMILES string of the molecule is Cc1ncsc1CC(C)Cl.O=S(=O)(O)CCS(=O)(=O)O. The summed E-state index contributed by atoms with van der Waals surface area (Å²) in [5.74, 6) is -1.96. The molecule has 0 fully saturated rings. The average molecular weight is 366 g/mol. The van der Waals surface area contributed by atoms with Crippen molar-refractivity contribution in [3.63, 3.8) is 0 Å². The van der Waals surface area contributed by atoms with E-state index in [0.29, 0.717) is 0 Å². The third kappa shape index (κ3) is 11.6. The largest absolute Gasteiger partial charge is 0.286 e. The van der Waals surface area contributed by atoms with E-state index in [1.54, 1.807) is 11.3 Å². The first-order chi connectivity index (χ1) is 8.91. The molecule has 0 aromatic carbocycles. The molecule has 1 aromatic rings. The molecule has 11 heteroatoms. The topological polar surface area (TPSA) is 122 Å². The zero-order chi connectivity index (χ0) is 16.0. The molecule has 0 amide bonds. The number of thiazole rings is 1. The summed E-state index contributed by atoms with van der Waals surface area (Å²) in [6.45, 7) is 4.02. The van der Waals surface area contributed by atoms with Gasteiger partial charge in [0, 0.05) is 10.3 Å². The van der Waals surface area contributed by atoms with Crippen LogP contribution in [0.15, 0.2) is 5.51 Å². The highest BCUT2D eigenvalue weighted by atomic mass is 35.5. The summed E-state index contributed by atoms with van der Waals surface area (Å²) in [6.07, 6.45) is 0.943. The van der Waals surface area contributed by atoms with Crippen LogP contribution in [0.5, 0.6) is 0 Å². The van der Waals surface area contributed by atoms with E-state index in [-0.39, 0.29) is 5.38 Å². The lowest BCUT2D eigenvalue weighted by Crippen LogP contribution is -2.15. The van der Waals surface area contributed by atoms with Crippen LogP contribution in [0.25, 0.3) is 0 Å². The molecule has 118 valence electrons.